The summed E-state index contributed by atoms with van der Waals surface area (Å²) in [5.74, 6) is 0.254. The minimum absolute atomic E-state index is 0.254. The molecule has 2 aliphatic rings. The number of nitrogens with zero attached hydrogens (tertiary/aromatic N) is 5. The molecule has 116 valence electrons. The summed E-state index contributed by atoms with van der Waals surface area (Å²) in [4.78, 5) is 20.5. The molecular formula is C14H23N5O2. The fraction of sp³-hybridized carbons (Fsp3) is 0.786. The molecule has 1 aromatic rings. The lowest BCUT2D eigenvalue weighted by Gasteiger charge is -2.29. The summed E-state index contributed by atoms with van der Waals surface area (Å²) < 4.78 is 7.17. The van der Waals surface area contributed by atoms with Crippen molar-refractivity contribution < 1.29 is 9.53 Å². The molecule has 0 radical (unpaired) electrons. The van der Waals surface area contributed by atoms with E-state index in [1.807, 2.05) is 9.58 Å². The maximum Gasteiger partial charge on any atom is 0.224 e. The number of aromatic nitrogens is 3. The van der Waals surface area contributed by atoms with Crippen LogP contribution in [-0.2, 0) is 16.1 Å². The second kappa shape index (κ2) is 7.00. The lowest BCUT2D eigenvalue weighted by Crippen LogP contribution is -2.42. The molecule has 2 fully saturated rings. The predicted molar refractivity (Wildman–Crippen MR) is 76.6 cm³/mol. The molecule has 0 spiro atoms. The number of morpholine rings is 1. The normalized spacial score (nSPS) is 23.6. The van der Waals surface area contributed by atoms with Crippen molar-refractivity contribution in [2.24, 2.45) is 0 Å². The van der Waals surface area contributed by atoms with Crippen molar-refractivity contribution in [3.8, 4) is 0 Å². The molecule has 2 saturated heterocycles. The molecule has 0 bridgehead atoms. The van der Waals surface area contributed by atoms with Crippen LogP contribution in [0.2, 0.25) is 0 Å². The molecule has 7 nitrogen and oxygen atoms in total. The number of carbonyl (C=O) groups is 1. The van der Waals surface area contributed by atoms with E-state index in [4.69, 9.17) is 4.74 Å². The van der Waals surface area contributed by atoms with Gasteiger partial charge in [-0.1, -0.05) is 0 Å². The van der Waals surface area contributed by atoms with E-state index in [-0.39, 0.29) is 5.91 Å². The molecule has 1 amide bonds. The molecule has 7 heteroatoms. The van der Waals surface area contributed by atoms with Crippen molar-refractivity contribution in [1.29, 1.82) is 0 Å². The number of hydrogen-bond donors (Lipinski definition) is 0. The summed E-state index contributed by atoms with van der Waals surface area (Å²) in [6.45, 7) is 5.61. The molecule has 21 heavy (non-hydrogen) atoms. The Balaban J connectivity index is 1.46. The van der Waals surface area contributed by atoms with Gasteiger partial charge in [-0.05, 0) is 19.4 Å². The smallest absolute Gasteiger partial charge is 0.224 e. The van der Waals surface area contributed by atoms with Crippen molar-refractivity contribution in [3.05, 3.63) is 12.7 Å². The van der Waals surface area contributed by atoms with Crippen LogP contribution in [0, 0.1) is 0 Å². The van der Waals surface area contributed by atoms with E-state index >= 15 is 0 Å². The molecule has 0 aromatic carbocycles. The zero-order valence-corrected chi connectivity index (χ0v) is 12.4. The molecule has 0 N–H and O–H groups in total. The summed E-state index contributed by atoms with van der Waals surface area (Å²) in [7, 11) is 0. The highest BCUT2D eigenvalue weighted by Crippen LogP contribution is 2.19. The minimum Gasteiger partial charge on any atom is -0.378 e. The standard InChI is InChI=1S/C14H23N5O2/c20-14(18-6-8-21-9-7-18)3-5-17-4-1-2-13(17)10-19-12-15-11-16-19/h11-13H,1-10H2/t13-/m1/s1. The van der Waals surface area contributed by atoms with Crippen LogP contribution < -0.4 is 0 Å². The Morgan fingerprint density at radius 3 is 2.90 bits per heavy atom. The summed E-state index contributed by atoms with van der Waals surface area (Å²) in [6.07, 6.45) is 6.31. The maximum absolute atomic E-state index is 12.2. The highest BCUT2D eigenvalue weighted by molar-refractivity contribution is 5.76. The van der Waals surface area contributed by atoms with E-state index in [2.05, 4.69) is 15.0 Å². The zero-order valence-electron chi connectivity index (χ0n) is 12.4. The molecule has 3 rings (SSSR count). The number of likely N-dealkylation sites (tertiary alicyclic amines) is 1. The van der Waals surface area contributed by atoms with E-state index in [9.17, 15) is 4.79 Å². The van der Waals surface area contributed by atoms with Gasteiger partial charge in [0, 0.05) is 32.1 Å². The third-order valence-corrected chi connectivity index (χ3v) is 4.34. The highest BCUT2D eigenvalue weighted by atomic mass is 16.5. The summed E-state index contributed by atoms with van der Waals surface area (Å²) in [6, 6.07) is 0.476. The van der Waals surface area contributed by atoms with Crippen LogP contribution in [0.5, 0.6) is 0 Å². The van der Waals surface area contributed by atoms with Gasteiger partial charge in [0.25, 0.3) is 0 Å². The average Bonchev–Trinajstić information content (AvgIpc) is 3.18. The maximum atomic E-state index is 12.2. The van der Waals surface area contributed by atoms with Crippen molar-refractivity contribution in [3.63, 3.8) is 0 Å². The third-order valence-electron chi connectivity index (χ3n) is 4.34. The first-order chi connectivity index (χ1) is 10.3. The molecular weight excluding hydrogens is 270 g/mol. The van der Waals surface area contributed by atoms with Gasteiger partial charge in [-0.3, -0.25) is 14.4 Å². The largest absolute Gasteiger partial charge is 0.378 e. The fourth-order valence-corrected chi connectivity index (χ4v) is 3.15. The van der Waals surface area contributed by atoms with Crippen LogP contribution in [0.25, 0.3) is 0 Å². The van der Waals surface area contributed by atoms with Gasteiger partial charge in [0.15, 0.2) is 0 Å². The Kier molecular flexibility index (Phi) is 4.82. The molecule has 0 unspecified atom stereocenters. The van der Waals surface area contributed by atoms with Crippen molar-refractivity contribution in [2.45, 2.75) is 31.8 Å². The first kappa shape index (κ1) is 14.5. The van der Waals surface area contributed by atoms with Crippen LogP contribution in [-0.4, -0.2) is 75.9 Å². The Bertz CT molecular complexity index is 444. The fourth-order valence-electron chi connectivity index (χ4n) is 3.15. The van der Waals surface area contributed by atoms with Gasteiger partial charge in [-0.15, -0.1) is 0 Å². The summed E-state index contributed by atoms with van der Waals surface area (Å²) >= 11 is 0. The number of rotatable bonds is 5. The summed E-state index contributed by atoms with van der Waals surface area (Å²) in [5, 5.41) is 4.17. The van der Waals surface area contributed by atoms with Gasteiger partial charge in [-0.2, -0.15) is 5.10 Å². The van der Waals surface area contributed by atoms with E-state index in [0.717, 1.165) is 32.7 Å². The lowest BCUT2D eigenvalue weighted by atomic mass is 10.2. The molecule has 0 aliphatic carbocycles. The van der Waals surface area contributed by atoms with Gasteiger partial charge < -0.3 is 9.64 Å². The van der Waals surface area contributed by atoms with Gasteiger partial charge in [0.1, 0.15) is 12.7 Å². The quantitative estimate of drug-likeness (QED) is 0.764. The molecule has 1 atom stereocenters. The number of ether oxygens (including phenoxy) is 1. The Hall–Kier alpha value is -1.47. The molecule has 2 aliphatic heterocycles. The zero-order chi connectivity index (χ0) is 14.5. The molecule has 3 heterocycles. The van der Waals surface area contributed by atoms with Crippen molar-refractivity contribution in [2.75, 3.05) is 39.4 Å². The number of carbonyl (C=O) groups excluding carboxylic acids is 1. The predicted octanol–water partition coefficient (Wildman–Crippen LogP) is -0.00860. The van der Waals surface area contributed by atoms with E-state index in [0.29, 0.717) is 25.7 Å². The SMILES string of the molecule is O=C(CCN1CCC[C@@H]1Cn1cncn1)N1CCOCC1. The van der Waals surface area contributed by atoms with Gasteiger partial charge in [-0.25, -0.2) is 4.98 Å². The van der Waals surface area contributed by atoms with Crippen LogP contribution in [0.3, 0.4) is 0 Å². The second-order valence-electron chi connectivity index (χ2n) is 5.69. The van der Waals surface area contributed by atoms with Crippen molar-refractivity contribution >= 4 is 5.91 Å². The summed E-state index contributed by atoms with van der Waals surface area (Å²) in [5.41, 5.74) is 0. The average molecular weight is 293 g/mol. The van der Waals surface area contributed by atoms with E-state index < -0.39 is 0 Å². The first-order valence-corrected chi connectivity index (χ1v) is 7.75. The number of hydrogen-bond acceptors (Lipinski definition) is 5. The van der Waals surface area contributed by atoms with Crippen LogP contribution in [0.1, 0.15) is 19.3 Å². The van der Waals surface area contributed by atoms with E-state index in [1.54, 1.807) is 12.7 Å². The van der Waals surface area contributed by atoms with Gasteiger partial charge in [0.2, 0.25) is 5.91 Å². The Labute approximate surface area is 124 Å². The van der Waals surface area contributed by atoms with Crippen LogP contribution in [0.15, 0.2) is 12.7 Å². The van der Waals surface area contributed by atoms with E-state index in [1.165, 1.54) is 12.8 Å². The Morgan fingerprint density at radius 2 is 2.14 bits per heavy atom. The van der Waals surface area contributed by atoms with Gasteiger partial charge >= 0.3 is 0 Å². The lowest BCUT2D eigenvalue weighted by molar-refractivity contribution is -0.135. The molecule has 1 aromatic heterocycles. The van der Waals surface area contributed by atoms with Crippen LogP contribution >= 0.6 is 0 Å². The topological polar surface area (TPSA) is 63.5 Å². The number of amides is 1. The molecule has 0 saturated carbocycles. The van der Waals surface area contributed by atoms with Crippen molar-refractivity contribution in [1.82, 2.24) is 24.6 Å². The Morgan fingerprint density at radius 1 is 1.29 bits per heavy atom. The van der Waals surface area contributed by atoms with Gasteiger partial charge in [0.05, 0.1) is 19.8 Å². The third kappa shape index (κ3) is 3.79. The van der Waals surface area contributed by atoms with Crippen LogP contribution in [0.4, 0.5) is 0 Å². The monoisotopic (exact) mass is 293 g/mol. The first-order valence-electron chi connectivity index (χ1n) is 7.75. The minimum atomic E-state index is 0.254. The second-order valence-corrected chi connectivity index (χ2v) is 5.69. The highest BCUT2D eigenvalue weighted by Gasteiger charge is 2.26.